The first-order valence-electron chi connectivity index (χ1n) is 12.1. The Bertz CT molecular complexity index is 816. The topological polar surface area (TPSA) is 51.6 Å². The van der Waals surface area contributed by atoms with Crippen LogP contribution in [0.2, 0.25) is 0 Å². The van der Waals surface area contributed by atoms with Gasteiger partial charge in [-0.15, -0.1) is 0 Å². The summed E-state index contributed by atoms with van der Waals surface area (Å²) in [6, 6.07) is 8.41. The van der Waals surface area contributed by atoms with Crippen LogP contribution in [-0.4, -0.2) is 78.8 Å². The Morgan fingerprint density at radius 3 is 2.23 bits per heavy atom. The van der Waals surface area contributed by atoms with E-state index in [0.717, 1.165) is 69.8 Å². The summed E-state index contributed by atoms with van der Waals surface area (Å²) in [5, 5.41) is 0. The van der Waals surface area contributed by atoms with Crippen molar-refractivity contribution in [2.75, 3.05) is 73.6 Å². The number of nitrogens with zero attached hydrogens (tertiary/aromatic N) is 7. The van der Waals surface area contributed by atoms with Crippen molar-refractivity contribution in [2.45, 2.75) is 32.1 Å². The van der Waals surface area contributed by atoms with E-state index in [0.29, 0.717) is 5.92 Å². The summed E-state index contributed by atoms with van der Waals surface area (Å²) >= 11 is 0. The highest BCUT2D eigenvalue weighted by Crippen LogP contribution is 2.26. The van der Waals surface area contributed by atoms with Crippen LogP contribution in [0.1, 0.15) is 32.1 Å². The van der Waals surface area contributed by atoms with Crippen LogP contribution in [0.25, 0.3) is 0 Å². The predicted octanol–water partition coefficient (Wildman–Crippen LogP) is 2.90. The number of hydrogen-bond acceptors (Lipinski definition) is 7. The van der Waals surface area contributed by atoms with Gasteiger partial charge in [0.15, 0.2) is 0 Å². The van der Waals surface area contributed by atoms with Crippen molar-refractivity contribution in [2.24, 2.45) is 5.92 Å². The van der Waals surface area contributed by atoms with Crippen LogP contribution in [0.5, 0.6) is 0 Å². The van der Waals surface area contributed by atoms with Crippen molar-refractivity contribution < 1.29 is 0 Å². The summed E-state index contributed by atoms with van der Waals surface area (Å²) in [4.78, 5) is 23.7. The minimum atomic E-state index is 0.712. The van der Waals surface area contributed by atoms with Crippen LogP contribution in [0.3, 0.4) is 0 Å². The number of aromatic nitrogens is 3. The zero-order chi connectivity index (χ0) is 20.9. The van der Waals surface area contributed by atoms with Crippen molar-refractivity contribution in [1.29, 1.82) is 0 Å². The van der Waals surface area contributed by atoms with E-state index >= 15 is 0 Å². The van der Waals surface area contributed by atoms with Crippen molar-refractivity contribution in [3.05, 3.63) is 36.8 Å². The van der Waals surface area contributed by atoms with E-state index in [9.17, 15) is 0 Å². The smallest absolute Gasteiger partial charge is 0.134 e. The molecule has 7 nitrogen and oxygen atoms in total. The van der Waals surface area contributed by atoms with E-state index in [4.69, 9.17) is 0 Å². The van der Waals surface area contributed by atoms with Gasteiger partial charge in [-0.05, 0) is 50.2 Å². The van der Waals surface area contributed by atoms with E-state index in [1.165, 1.54) is 38.6 Å². The molecule has 7 heteroatoms. The Morgan fingerprint density at radius 2 is 1.45 bits per heavy atom. The predicted molar refractivity (Wildman–Crippen MR) is 126 cm³/mol. The lowest BCUT2D eigenvalue weighted by Gasteiger charge is -2.40. The molecule has 0 N–H and O–H groups in total. The van der Waals surface area contributed by atoms with E-state index in [1.54, 1.807) is 6.33 Å². The maximum Gasteiger partial charge on any atom is 0.134 e. The lowest BCUT2D eigenvalue weighted by Crippen LogP contribution is -2.50. The second-order valence-electron chi connectivity index (χ2n) is 9.21. The van der Waals surface area contributed by atoms with Crippen LogP contribution < -0.4 is 14.7 Å². The third-order valence-electron chi connectivity index (χ3n) is 7.02. The SMILES string of the molecule is c1ccc(N2CCN(CC3CCCN(c4cc(N5CCCCC5)ncn4)C3)CC2)nc1. The monoisotopic (exact) mass is 421 g/mol. The highest BCUT2D eigenvalue weighted by atomic mass is 15.3. The molecule has 0 radical (unpaired) electrons. The molecule has 3 aliphatic heterocycles. The zero-order valence-electron chi connectivity index (χ0n) is 18.6. The van der Waals surface area contributed by atoms with Gasteiger partial charge in [0.1, 0.15) is 23.8 Å². The second kappa shape index (κ2) is 9.81. The van der Waals surface area contributed by atoms with Gasteiger partial charge in [-0.3, -0.25) is 4.90 Å². The lowest BCUT2D eigenvalue weighted by molar-refractivity contribution is 0.205. The Kier molecular flexibility index (Phi) is 6.48. The normalized spacial score (nSPS) is 23.2. The molecule has 0 amide bonds. The van der Waals surface area contributed by atoms with Gasteiger partial charge in [-0.1, -0.05) is 6.07 Å². The van der Waals surface area contributed by atoms with Gasteiger partial charge in [-0.2, -0.15) is 0 Å². The molecule has 0 aliphatic carbocycles. The fourth-order valence-electron chi connectivity index (χ4n) is 5.29. The molecular weight excluding hydrogens is 386 g/mol. The first-order chi connectivity index (χ1) is 15.3. The van der Waals surface area contributed by atoms with E-state index in [1.807, 2.05) is 12.3 Å². The lowest BCUT2D eigenvalue weighted by atomic mass is 9.97. The average Bonchev–Trinajstić information content (AvgIpc) is 2.86. The summed E-state index contributed by atoms with van der Waals surface area (Å²) in [6.07, 6.45) is 10.1. The Morgan fingerprint density at radius 1 is 0.710 bits per heavy atom. The van der Waals surface area contributed by atoms with Crippen LogP contribution in [-0.2, 0) is 0 Å². The number of hydrogen-bond donors (Lipinski definition) is 0. The summed E-state index contributed by atoms with van der Waals surface area (Å²) in [6.45, 7) is 10.1. The standard InChI is InChI=1S/C24H35N7/c1-4-10-29(11-5-1)23-17-24(27-20-26-23)31-12-6-7-21(19-31)18-28-13-15-30(16-14-28)22-8-2-3-9-25-22/h2-3,8-9,17,20-21H,1,4-7,10-16,18-19H2. The van der Waals surface area contributed by atoms with Crippen LogP contribution in [0.4, 0.5) is 17.5 Å². The third kappa shape index (κ3) is 5.09. The number of piperazine rings is 1. The van der Waals surface area contributed by atoms with Crippen LogP contribution >= 0.6 is 0 Å². The minimum Gasteiger partial charge on any atom is -0.356 e. The molecule has 1 unspecified atom stereocenters. The van der Waals surface area contributed by atoms with Gasteiger partial charge in [0.05, 0.1) is 0 Å². The quantitative estimate of drug-likeness (QED) is 0.736. The Labute approximate surface area is 186 Å². The molecule has 2 aromatic rings. The molecule has 31 heavy (non-hydrogen) atoms. The Balaban J connectivity index is 1.15. The van der Waals surface area contributed by atoms with Crippen molar-refractivity contribution in [3.63, 3.8) is 0 Å². The first kappa shape index (κ1) is 20.5. The fourth-order valence-corrected chi connectivity index (χ4v) is 5.29. The number of anilines is 3. The van der Waals surface area contributed by atoms with Gasteiger partial charge in [0.2, 0.25) is 0 Å². The van der Waals surface area contributed by atoms with Gasteiger partial charge in [0.25, 0.3) is 0 Å². The van der Waals surface area contributed by atoms with E-state index in [-0.39, 0.29) is 0 Å². The molecule has 5 heterocycles. The zero-order valence-corrected chi connectivity index (χ0v) is 18.6. The Hall–Kier alpha value is -2.41. The maximum atomic E-state index is 4.64. The molecule has 0 aromatic carbocycles. The summed E-state index contributed by atoms with van der Waals surface area (Å²) in [5.41, 5.74) is 0. The number of rotatable bonds is 5. The summed E-state index contributed by atoms with van der Waals surface area (Å²) < 4.78 is 0. The van der Waals surface area contributed by atoms with Crippen molar-refractivity contribution in [3.8, 4) is 0 Å². The van der Waals surface area contributed by atoms with E-state index in [2.05, 4.69) is 52.8 Å². The molecule has 5 rings (SSSR count). The highest BCUT2D eigenvalue weighted by molar-refractivity contribution is 5.50. The molecule has 2 aromatic heterocycles. The first-order valence-corrected chi connectivity index (χ1v) is 12.1. The number of piperidine rings is 2. The second-order valence-corrected chi connectivity index (χ2v) is 9.21. The van der Waals surface area contributed by atoms with Crippen molar-refractivity contribution in [1.82, 2.24) is 19.9 Å². The summed E-state index contributed by atoms with van der Waals surface area (Å²) in [7, 11) is 0. The fraction of sp³-hybridized carbons (Fsp3) is 0.625. The molecule has 3 saturated heterocycles. The molecule has 3 fully saturated rings. The molecule has 0 spiro atoms. The molecule has 1 atom stereocenters. The largest absolute Gasteiger partial charge is 0.356 e. The van der Waals surface area contributed by atoms with Crippen molar-refractivity contribution >= 4 is 17.5 Å². The van der Waals surface area contributed by atoms with Gasteiger partial charge >= 0.3 is 0 Å². The average molecular weight is 422 g/mol. The van der Waals surface area contributed by atoms with Gasteiger partial charge in [0, 0.05) is 71.2 Å². The minimum absolute atomic E-state index is 0.712. The highest BCUT2D eigenvalue weighted by Gasteiger charge is 2.26. The molecule has 0 saturated carbocycles. The van der Waals surface area contributed by atoms with Gasteiger partial charge < -0.3 is 14.7 Å². The molecule has 166 valence electrons. The molecule has 0 bridgehead atoms. The number of pyridine rings is 1. The van der Waals surface area contributed by atoms with Crippen LogP contribution in [0, 0.1) is 5.92 Å². The third-order valence-corrected chi connectivity index (χ3v) is 7.02. The van der Waals surface area contributed by atoms with E-state index < -0.39 is 0 Å². The summed E-state index contributed by atoms with van der Waals surface area (Å²) in [5.74, 6) is 4.04. The molecule has 3 aliphatic rings. The van der Waals surface area contributed by atoms with Crippen LogP contribution in [0.15, 0.2) is 36.8 Å². The maximum absolute atomic E-state index is 4.64. The molecular formula is C24H35N7. The van der Waals surface area contributed by atoms with Gasteiger partial charge in [-0.25, -0.2) is 15.0 Å².